The second kappa shape index (κ2) is 8.25. The Kier molecular flexibility index (Phi) is 6.07. The standard InChI is InChI=1S/C18H24N6/c1-13(2)16-21-17(23-18(22-16)24(3)4)20-15(11-8-12-19)14-9-6-5-7-10-14/h5-7,9-10,13,15H,8,11H2,1-4H3,(H,20,21,22,23). The van der Waals surface area contributed by atoms with E-state index in [-0.39, 0.29) is 12.0 Å². The lowest BCUT2D eigenvalue weighted by atomic mass is 10.0. The molecule has 1 aromatic heterocycles. The molecule has 0 aliphatic carbocycles. The SMILES string of the molecule is CC(C)c1nc(NC(CCC#N)c2ccccc2)nc(N(C)C)n1. The second-order valence-electron chi connectivity index (χ2n) is 6.17. The van der Waals surface area contributed by atoms with Crippen molar-refractivity contribution in [3.05, 3.63) is 41.7 Å². The molecule has 0 spiro atoms. The van der Waals surface area contributed by atoms with Crippen molar-refractivity contribution in [1.29, 1.82) is 5.26 Å². The van der Waals surface area contributed by atoms with Crippen LogP contribution in [0.2, 0.25) is 0 Å². The largest absolute Gasteiger partial charge is 0.347 e. The number of nitriles is 1. The predicted octanol–water partition coefficient (Wildman–Crippen LogP) is 3.52. The maximum atomic E-state index is 8.94. The van der Waals surface area contributed by atoms with E-state index in [1.54, 1.807) is 0 Å². The van der Waals surface area contributed by atoms with E-state index in [2.05, 4.69) is 40.2 Å². The van der Waals surface area contributed by atoms with Gasteiger partial charge in [-0.05, 0) is 12.0 Å². The maximum Gasteiger partial charge on any atom is 0.229 e. The van der Waals surface area contributed by atoms with E-state index in [9.17, 15) is 0 Å². The van der Waals surface area contributed by atoms with E-state index in [0.717, 1.165) is 11.4 Å². The molecule has 0 aliphatic rings. The Morgan fingerprint density at radius 1 is 1.12 bits per heavy atom. The first-order valence-corrected chi connectivity index (χ1v) is 8.13. The Bertz CT molecular complexity index is 664. The summed E-state index contributed by atoms with van der Waals surface area (Å²) in [4.78, 5) is 15.4. The van der Waals surface area contributed by atoms with Gasteiger partial charge in [-0.25, -0.2) is 0 Å². The summed E-state index contributed by atoms with van der Waals surface area (Å²) in [6.07, 6.45) is 1.16. The minimum atomic E-state index is -0.0109. The Balaban J connectivity index is 2.32. The Morgan fingerprint density at radius 3 is 2.42 bits per heavy atom. The van der Waals surface area contributed by atoms with Crippen LogP contribution in [0.25, 0.3) is 0 Å². The molecule has 1 unspecified atom stereocenters. The summed E-state index contributed by atoms with van der Waals surface area (Å²) in [7, 11) is 3.82. The number of nitrogens with zero attached hydrogens (tertiary/aromatic N) is 5. The van der Waals surface area contributed by atoms with Crippen LogP contribution >= 0.6 is 0 Å². The highest BCUT2D eigenvalue weighted by Crippen LogP contribution is 2.23. The minimum Gasteiger partial charge on any atom is -0.347 e. The summed E-state index contributed by atoms with van der Waals surface area (Å²) >= 11 is 0. The molecule has 24 heavy (non-hydrogen) atoms. The minimum absolute atomic E-state index is 0.0109. The fraction of sp³-hybridized carbons (Fsp3) is 0.444. The third-order valence-electron chi connectivity index (χ3n) is 3.61. The van der Waals surface area contributed by atoms with Gasteiger partial charge in [-0.3, -0.25) is 0 Å². The molecule has 0 bridgehead atoms. The van der Waals surface area contributed by atoms with Crippen molar-refractivity contribution in [3.63, 3.8) is 0 Å². The average Bonchev–Trinajstić information content (AvgIpc) is 2.59. The van der Waals surface area contributed by atoms with E-state index in [1.807, 2.05) is 49.3 Å². The van der Waals surface area contributed by atoms with Crippen molar-refractivity contribution in [2.45, 2.75) is 38.6 Å². The van der Waals surface area contributed by atoms with Gasteiger partial charge in [-0.15, -0.1) is 0 Å². The highest BCUT2D eigenvalue weighted by molar-refractivity contribution is 5.38. The van der Waals surface area contributed by atoms with Crippen molar-refractivity contribution in [2.24, 2.45) is 0 Å². The zero-order chi connectivity index (χ0) is 17.5. The summed E-state index contributed by atoms with van der Waals surface area (Å²) in [6.45, 7) is 4.12. The second-order valence-corrected chi connectivity index (χ2v) is 6.17. The highest BCUT2D eigenvalue weighted by atomic mass is 15.3. The van der Waals surface area contributed by atoms with Crippen LogP contribution in [-0.2, 0) is 0 Å². The van der Waals surface area contributed by atoms with Crippen molar-refractivity contribution >= 4 is 11.9 Å². The molecule has 1 aromatic carbocycles. The zero-order valence-corrected chi connectivity index (χ0v) is 14.7. The molecule has 0 fully saturated rings. The first-order chi connectivity index (χ1) is 11.5. The summed E-state index contributed by atoms with van der Waals surface area (Å²) in [5.74, 6) is 2.14. The quantitative estimate of drug-likeness (QED) is 0.839. The number of aromatic nitrogens is 3. The van der Waals surface area contributed by atoms with Crippen LogP contribution in [0, 0.1) is 11.3 Å². The van der Waals surface area contributed by atoms with Gasteiger partial charge in [0.05, 0.1) is 12.1 Å². The molecule has 6 nitrogen and oxygen atoms in total. The van der Waals surface area contributed by atoms with Crippen LogP contribution in [0.5, 0.6) is 0 Å². The lowest BCUT2D eigenvalue weighted by molar-refractivity contribution is 0.689. The number of benzene rings is 1. The van der Waals surface area contributed by atoms with Gasteiger partial charge in [0, 0.05) is 26.4 Å². The highest BCUT2D eigenvalue weighted by Gasteiger charge is 2.16. The smallest absolute Gasteiger partial charge is 0.229 e. The Labute approximate surface area is 143 Å². The molecule has 1 heterocycles. The summed E-state index contributed by atoms with van der Waals surface area (Å²) in [5, 5.41) is 12.3. The molecule has 0 aliphatic heterocycles. The number of hydrogen-bond acceptors (Lipinski definition) is 6. The number of rotatable bonds is 7. The van der Waals surface area contributed by atoms with Gasteiger partial charge < -0.3 is 10.2 Å². The van der Waals surface area contributed by atoms with Gasteiger partial charge in [0.25, 0.3) is 0 Å². The first kappa shape index (κ1) is 17.7. The summed E-state index contributed by atoms with van der Waals surface area (Å²) < 4.78 is 0. The molecule has 0 saturated heterocycles. The summed E-state index contributed by atoms with van der Waals surface area (Å²) in [5.41, 5.74) is 1.12. The van der Waals surface area contributed by atoms with E-state index in [0.29, 0.717) is 24.7 Å². The van der Waals surface area contributed by atoms with Gasteiger partial charge in [-0.1, -0.05) is 44.2 Å². The zero-order valence-electron chi connectivity index (χ0n) is 14.7. The molecule has 6 heteroatoms. The van der Waals surface area contributed by atoms with Crippen LogP contribution in [-0.4, -0.2) is 29.0 Å². The van der Waals surface area contributed by atoms with Gasteiger partial charge >= 0.3 is 0 Å². The van der Waals surface area contributed by atoms with Gasteiger partial charge in [0.15, 0.2) is 0 Å². The third kappa shape index (κ3) is 4.66. The molecular weight excluding hydrogens is 300 g/mol. The van der Waals surface area contributed by atoms with Gasteiger partial charge in [0.1, 0.15) is 5.82 Å². The molecular formula is C18H24N6. The maximum absolute atomic E-state index is 8.94. The van der Waals surface area contributed by atoms with Crippen LogP contribution < -0.4 is 10.2 Å². The number of hydrogen-bond donors (Lipinski definition) is 1. The van der Waals surface area contributed by atoms with Gasteiger partial charge in [-0.2, -0.15) is 20.2 Å². The molecule has 1 atom stereocenters. The average molecular weight is 324 g/mol. The lowest BCUT2D eigenvalue weighted by Crippen LogP contribution is -2.19. The van der Waals surface area contributed by atoms with Crippen molar-refractivity contribution in [3.8, 4) is 6.07 Å². The molecule has 1 N–H and O–H groups in total. The normalized spacial score (nSPS) is 11.8. The van der Waals surface area contributed by atoms with Crippen molar-refractivity contribution in [2.75, 3.05) is 24.3 Å². The van der Waals surface area contributed by atoms with Crippen LogP contribution in [0.3, 0.4) is 0 Å². The van der Waals surface area contributed by atoms with Crippen molar-refractivity contribution in [1.82, 2.24) is 15.0 Å². The van der Waals surface area contributed by atoms with Crippen LogP contribution in [0.1, 0.15) is 50.0 Å². The topological polar surface area (TPSA) is 77.7 Å². The monoisotopic (exact) mass is 324 g/mol. The van der Waals surface area contributed by atoms with Crippen molar-refractivity contribution < 1.29 is 0 Å². The van der Waals surface area contributed by atoms with Gasteiger partial charge in [0.2, 0.25) is 11.9 Å². The van der Waals surface area contributed by atoms with E-state index >= 15 is 0 Å². The molecule has 0 saturated carbocycles. The number of nitrogens with one attached hydrogen (secondary N) is 1. The third-order valence-corrected chi connectivity index (χ3v) is 3.61. The lowest BCUT2D eigenvalue weighted by Gasteiger charge is -2.20. The van der Waals surface area contributed by atoms with E-state index in [4.69, 9.17) is 5.26 Å². The summed E-state index contributed by atoms with van der Waals surface area (Å²) in [6, 6.07) is 12.3. The first-order valence-electron chi connectivity index (χ1n) is 8.13. The van der Waals surface area contributed by atoms with E-state index < -0.39 is 0 Å². The van der Waals surface area contributed by atoms with E-state index in [1.165, 1.54) is 0 Å². The Morgan fingerprint density at radius 2 is 1.83 bits per heavy atom. The Hall–Kier alpha value is -2.68. The molecule has 2 aromatic rings. The van der Waals surface area contributed by atoms with Crippen LogP contribution in [0.15, 0.2) is 30.3 Å². The fourth-order valence-electron chi connectivity index (χ4n) is 2.28. The predicted molar refractivity (Wildman–Crippen MR) is 95.9 cm³/mol. The number of anilines is 2. The molecule has 2 rings (SSSR count). The molecule has 0 amide bonds. The fourth-order valence-corrected chi connectivity index (χ4v) is 2.28. The molecule has 126 valence electrons. The molecule has 0 radical (unpaired) electrons. The van der Waals surface area contributed by atoms with Crippen LogP contribution in [0.4, 0.5) is 11.9 Å².